The topological polar surface area (TPSA) is 242 Å². The molecule has 4 rings (SSSR count). The molecule has 0 spiro atoms. The molecule has 0 aliphatic carbocycles. The summed E-state index contributed by atoms with van der Waals surface area (Å²) in [6, 6.07) is 8.17. The summed E-state index contributed by atoms with van der Waals surface area (Å²) < 4.78 is 79.6. The second-order valence-electron chi connectivity index (χ2n) is 9.88. The van der Waals surface area contributed by atoms with Crippen molar-refractivity contribution in [2.45, 2.75) is 11.2 Å². The maximum Gasteiger partial charge on any atom is 0.416 e. The number of amides is 3. The van der Waals surface area contributed by atoms with Crippen LogP contribution in [0.15, 0.2) is 65.8 Å². The van der Waals surface area contributed by atoms with Crippen molar-refractivity contribution in [1.82, 2.24) is 24.6 Å². The molecule has 0 bridgehead atoms. The van der Waals surface area contributed by atoms with E-state index in [1.54, 1.807) is 4.72 Å². The number of hydrogen-bond donors (Lipinski definition) is 3. The minimum Gasteiger partial charge on any atom is -0.481 e. The van der Waals surface area contributed by atoms with Crippen LogP contribution in [0.3, 0.4) is 0 Å². The highest BCUT2D eigenvalue weighted by Crippen LogP contribution is 2.37. The molecule has 0 saturated heterocycles. The number of benzene rings is 2. The molecule has 2 aromatic carbocycles. The van der Waals surface area contributed by atoms with E-state index in [9.17, 15) is 46.1 Å². The van der Waals surface area contributed by atoms with Gasteiger partial charge < -0.3 is 24.2 Å². The van der Waals surface area contributed by atoms with Gasteiger partial charge in [-0.3, -0.25) is 20.2 Å². The van der Waals surface area contributed by atoms with E-state index in [1.807, 2.05) is 0 Å². The van der Waals surface area contributed by atoms with Crippen molar-refractivity contribution in [2.75, 3.05) is 33.6 Å². The van der Waals surface area contributed by atoms with E-state index in [4.69, 9.17) is 30.9 Å². The van der Waals surface area contributed by atoms with E-state index < -0.39 is 60.9 Å². The molecule has 0 aliphatic rings. The van der Waals surface area contributed by atoms with E-state index in [0.717, 1.165) is 30.3 Å². The number of nitrogens with one attached hydrogen (secondary N) is 2. The first-order chi connectivity index (χ1) is 24.3. The average Bonchev–Trinajstić information content (AvgIpc) is 3.07. The summed E-state index contributed by atoms with van der Waals surface area (Å²) in [5.41, 5.74) is -2.43. The van der Waals surface area contributed by atoms with Gasteiger partial charge in [-0.2, -0.15) is 31.6 Å². The maximum absolute atomic E-state index is 12.6. The lowest BCUT2D eigenvalue weighted by Gasteiger charge is -2.14. The number of carboxylic acids is 1. The molecule has 0 atom stereocenters. The van der Waals surface area contributed by atoms with Crippen molar-refractivity contribution >= 4 is 51.2 Å². The molecule has 0 radical (unpaired) electrons. The highest BCUT2D eigenvalue weighted by atomic mass is 35.5. The Bertz CT molecular complexity index is 2100. The van der Waals surface area contributed by atoms with Gasteiger partial charge in [0.15, 0.2) is 5.03 Å². The number of nitrogens with zero attached hydrogens (tertiary/aromatic N) is 5. The van der Waals surface area contributed by atoms with Gasteiger partial charge in [0.1, 0.15) is 17.1 Å². The first-order valence-electron chi connectivity index (χ1n) is 13.8. The van der Waals surface area contributed by atoms with Gasteiger partial charge in [-0.1, -0.05) is 11.6 Å². The average molecular weight is 772 g/mol. The van der Waals surface area contributed by atoms with Gasteiger partial charge >= 0.3 is 18.2 Å². The number of carboxylic acid groups (broad SMARTS) is 1. The molecule has 23 heteroatoms. The van der Waals surface area contributed by atoms with E-state index in [1.165, 1.54) is 57.6 Å². The molecule has 3 N–H and O–H groups in total. The van der Waals surface area contributed by atoms with Gasteiger partial charge in [0, 0.05) is 32.4 Å². The van der Waals surface area contributed by atoms with E-state index >= 15 is 0 Å². The number of halogens is 4. The second-order valence-corrected chi connectivity index (χ2v) is 11.9. The Morgan fingerprint density at radius 3 is 2.13 bits per heavy atom. The number of nitro benzene ring substituents is 1. The Morgan fingerprint density at radius 2 is 1.62 bits per heavy atom. The van der Waals surface area contributed by atoms with Gasteiger partial charge in [0.25, 0.3) is 21.6 Å². The van der Waals surface area contributed by atoms with Crippen LogP contribution in [0.25, 0.3) is 0 Å². The monoisotopic (exact) mass is 771 g/mol. The molecule has 3 amide bonds. The van der Waals surface area contributed by atoms with Crippen molar-refractivity contribution in [3.63, 3.8) is 0 Å². The van der Waals surface area contributed by atoms with E-state index in [0.29, 0.717) is 6.07 Å². The molecule has 0 fully saturated rings. The highest BCUT2D eigenvalue weighted by Gasteiger charge is 2.31. The molecule has 4 aromatic rings. The molecule has 2 heterocycles. The van der Waals surface area contributed by atoms with Crippen molar-refractivity contribution in [1.29, 1.82) is 0 Å². The number of rotatable bonds is 10. The number of ether oxygens (including phenoxy) is 3. The SMILES string of the molecule is COc1cc(OC)nc(NC(=O)NS(=O)(=O)c2ncccc2C(=O)N(C)C)n1.O=C(O)c1cc(Oc2ccc(C(F)(F)F)cc2Cl)ccc1[N+](=O)[O-]. The molecule has 2 aromatic heterocycles. The number of carbonyl (C=O) groups is 3. The number of aromatic carboxylic acids is 1. The lowest BCUT2D eigenvalue weighted by Crippen LogP contribution is -2.36. The minimum absolute atomic E-state index is 0.0913. The van der Waals surface area contributed by atoms with Crippen LogP contribution in [0.4, 0.5) is 29.6 Å². The van der Waals surface area contributed by atoms with Gasteiger partial charge in [0.2, 0.25) is 17.7 Å². The van der Waals surface area contributed by atoms with E-state index in [-0.39, 0.29) is 39.8 Å². The Hall–Kier alpha value is -6.29. The number of hydrogen-bond acceptors (Lipinski definition) is 13. The van der Waals surface area contributed by atoms with Crippen molar-refractivity contribution in [3.8, 4) is 23.3 Å². The first-order valence-corrected chi connectivity index (χ1v) is 15.7. The van der Waals surface area contributed by atoms with Gasteiger partial charge in [-0.15, -0.1) is 0 Å². The number of nitro groups is 1. The maximum atomic E-state index is 12.6. The zero-order valence-corrected chi connectivity index (χ0v) is 28.5. The number of alkyl halides is 3. The minimum atomic E-state index is -4.58. The van der Waals surface area contributed by atoms with Gasteiger partial charge in [0.05, 0.1) is 41.4 Å². The van der Waals surface area contributed by atoms with Crippen molar-refractivity contribution in [2.24, 2.45) is 0 Å². The smallest absolute Gasteiger partial charge is 0.416 e. The standard InChI is InChI=1S/C15H18N6O6S.C14H7ClF3NO5/c1-21(2)13(22)9-6-5-7-16-12(9)28(24,25)20-15(23)19-14-17-10(26-3)8-11(18-14)27-4;15-10-5-7(14(16,17)18)1-4-12(10)24-8-2-3-11(19(22)23)9(6-8)13(20)21/h5-8H,1-4H3,(H2,17,18,19,20,23);1-6H,(H,20,21). The third-order valence-corrected chi connectivity index (χ3v) is 7.68. The fourth-order valence-corrected chi connectivity index (χ4v) is 5.03. The predicted molar refractivity (Wildman–Crippen MR) is 173 cm³/mol. The zero-order chi connectivity index (χ0) is 39.0. The fourth-order valence-electron chi connectivity index (χ4n) is 3.77. The first kappa shape index (κ1) is 40.1. The molecular formula is C29H25ClF3N7O11S. The number of pyridine rings is 1. The number of carbonyl (C=O) groups excluding carboxylic acids is 2. The Balaban J connectivity index is 0.000000284. The zero-order valence-electron chi connectivity index (χ0n) is 27.0. The molecule has 52 heavy (non-hydrogen) atoms. The summed E-state index contributed by atoms with van der Waals surface area (Å²) in [4.78, 5) is 57.8. The third kappa shape index (κ3) is 10.4. The van der Waals surface area contributed by atoms with Crippen molar-refractivity contribution in [3.05, 3.63) is 92.6 Å². The van der Waals surface area contributed by atoms with Gasteiger partial charge in [-0.05, 0) is 36.4 Å². The van der Waals surface area contributed by atoms with Crippen LogP contribution in [-0.4, -0.2) is 84.5 Å². The number of methoxy groups -OCH3 is 2. The normalized spacial score (nSPS) is 10.9. The lowest BCUT2D eigenvalue weighted by atomic mass is 10.1. The van der Waals surface area contributed by atoms with Crippen LogP contribution in [0.2, 0.25) is 5.02 Å². The van der Waals surface area contributed by atoms with Crippen LogP contribution in [0.5, 0.6) is 23.3 Å². The largest absolute Gasteiger partial charge is 0.481 e. The molecule has 0 saturated carbocycles. The summed E-state index contributed by atoms with van der Waals surface area (Å²) in [6.45, 7) is 0. The lowest BCUT2D eigenvalue weighted by molar-refractivity contribution is -0.385. The second kappa shape index (κ2) is 16.6. The summed E-state index contributed by atoms with van der Waals surface area (Å²) >= 11 is 5.72. The third-order valence-electron chi connectivity index (χ3n) is 6.09. The quantitative estimate of drug-likeness (QED) is 0.144. The number of sulfonamides is 1. The van der Waals surface area contributed by atoms with Crippen LogP contribution in [0.1, 0.15) is 26.3 Å². The summed E-state index contributed by atoms with van der Waals surface area (Å²) in [7, 11) is 1.15. The van der Waals surface area contributed by atoms with E-state index in [2.05, 4.69) is 20.3 Å². The Labute approximate surface area is 296 Å². The Kier molecular flexibility index (Phi) is 12.8. The molecule has 0 unspecified atom stereocenters. The van der Waals surface area contributed by atoms with Crippen molar-refractivity contribution < 1.29 is 60.2 Å². The van der Waals surface area contributed by atoms with Crippen LogP contribution >= 0.6 is 11.6 Å². The van der Waals surface area contributed by atoms with Crippen LogP contribution in [0, 0.1) is 10.1 Å². The predicted octanol–water partition coefficient (Wildman–Crippen LogP) is 4.86. The summed E-state index contributed by atoms with van der Waals surface area (Å²) in [5, 5.41) is 20.9. The fraction of sp³-hybridized carbons (Fsp3) is 0.172. The molecule has 18 nitrogen and oxygen atoms in total. The number of aromatic nitrogens is 3. The van der Waals surface area contributed by atoms with Crippen LogP contribution in [-0.2, 0) is 16.2 Å². The summed E-state index contributed by atoms with van der Waals surface area (Å²) in [5.74, 6) is -2.49. The molecular weight excluding hydrogens is 747 g/mol. The number of anilines is 1. The highest BCUT2D eigenvalue weighted by molar-refractivity contribution is 7.90. The number of urea groups is 1. The van der Waals surface area contributed by atoms with Crippen LogP contribution < -0.4 is 24.2 Å². The molecule has 276 valence electrons. The summed E-state index contributed by atoms with van der Waals surface area (Å²) in [6.07, 6.45) is -3.39. The Morgan fingerprint density at radius 1 is 0.981 bits per heavy atom. The molecule has 0 aliphatic heterocycles. The van der Waals surface area contributed by atoms with Gasteiger partial charge in [-0.25, -0.2) is 19.3 Å².